The second kappa shape index (κ2) is 4.97. The molecule has 1 atom stereocenters. The standard InChI is InChI=1S/C11H15ClN2O4/c1-6-8(12)7(14(3)13-6)5-11(2,9(15)16)10(17)18-4/h5H2,1-4H3,(H,15,16). The van der Waals surface area contributed by atoms with Crippen molar-refractivity contribution in [1.29, 1.82) is 0 Å². The monoisotopic (exact) mass is 274 g/mol. The number of carboxylic acid groups (broad SMARTS) is 1. The van der Waals surface area contributed by atoms with Gasteiger partial charge < -0.3 is 9.84 Å². The van der Waals surface area contributed by atoms with Gasteiger partial charge in [-0.05, 0) is 13.8 Å². The third kappa shape index (κ3) is 2.33. The molecule has 1 aromatic heterocycles. The van der Waals surface area contributed by atoms with Gasteiger partial charge in [0.25, 0.3) is 0 Å². The highest BCUT2D eigenvalue weighted by atomic mass is 35.5. The zero-order chi connectivity index (χ0) is 14.1. The maximum absolute atomic E-state index is 11.6. The van der Waals surface area contributed by atoms with Gasteiger partial charge >= 0.3 is 11.9 Å². The number of carboxylic acids is 1. The fraction of sp³-hybridized carbons (Fsp3) is 0.545. The normalized spacial score (nSPS) is 14.1. The van der Waals surface area contributed by atoms with Crippen molar-refractivity contribution in [1.82, 2.24) is 9.78 Å². The second-order valence-corrected chi connectivity index (χ2v) is 4.65. The second-order valence-electron chi connectivity index (χ2n) is 4.28. The number of methoxy groups -OCH3 is 1. The fourth-order valence-electron chi connectivity index (χ4n) is 1.67. The molecular formula is C11H15ClN2O4. The number of hydrogen-bond acceptors (Lipinski definition) is 4. The Morgan fingerprint density at radius 2 is 2.11 bits per heavy atom. The molecule has 7 heteroatoms. The van der Waals surface area contributed by atoms with Crippen molar-refractivity contribution in [2.75, 3.05) is 7.11 Å². The zero-order valence-corrected chi connectivity index (χ0v) is 11.4. The Kier molecular flexibility index (Phi) is 4.01. The minimum Gasteiger partial charge on any atom is -0.480 e. The van der Waals surface area contributed by atoms with Crippen LogP contribution in [0, 0.1) is 12.3 Å². The summed E-state index contributed by atoms with van der Waals surface area (Å²) in [7, 11) is 2.80. The lowest BCUT2D eigenvalue weighted by atomic mass is 9.85. The maximum atomic E-state index is 11.6. The molecule has 1 unspecified atom stereocenters. The van der Waals surface area contributed by atoms with Crippen LogP contribution in [0.5, 0.6) is 0 Å². The van der Waals surface area contributed by atoms with Gasteiger partial charge in [-0.2, -0.15) is 5.10 Å². The van der Waals surface area contributed by atoms with Crippen LogP contribution in [0.15, 0.2) is 0 Å². The molecule has 1 N–H and O–H groups in total. The van der Waals surface area contributed by atoms with E-state index in [1.165, 1.54) is 11.6 Å². The van der Waals surface area contributed by atoms with E-state index in [4.69, 9.17) is 11.6 Å². The Hall–Kier alpha value is -1.56. The molecule has 18 heavy (non-hydrogen) atoms. The lowest BCUT2D eigenvalue weighted by Crippen LogP contribution is -2.40. The molecule has 0 amide bonds. The van der Waals surface area contributed by atoms with Crippen LogP contribution < -0.4 is 0 Å². The number of ether oxygens (including phenoxy) is 1. The van der Waals surface area contributed by atoms with Gasteiger partial charge in [-0.1, -0.05) is 11.6 Å². The lowest BCUT2D eigenvalue weighted by Gasteiger charge is -2.21. The van der Waals surface area contributed by atoms with Crippen molar-refractivity contribution in [3.63, 3.8) is 0 Å². The summed E-state index contributed by atoms with van der Waals surface area (Å²) >= 11 is 6.04. The van der Waals surface area contributed by atoms with Gasteiger partial charge in [0.05, 0.1) is 23.5 Å². The molecule has 100 valence electrons. The van der Waals surface area contributed by atoms with Crippen molar-refractivity contribution >= 4 is 23.5 Å². The third-order valence-corrected chi connectivity index (χ3v) is 3.38. The third-order valence-electron chi connectivity index (χ3n) is 2.89. The summed E-state index contributed by atoms with van der Waals surface area (Å²) in [4.78, 5) is 22.9. The molecule has 6 nitrogen and oxygen atoms in total. The number of aromatic nitrogens is 2. The van der Waals surface area contributed by atoms with E-state index in [-0.39, 0.29) is 6.42 Å². The molecule has 0 bridgehead atoms. The Morgan fingerprint density at radius 1 is 1.56 bits per heavy atom. The van der Waals surface area contributed by atoms with Crippen LogP contribution in [0.2, 0.25) is 5.02 Å². The quantitative estimate of drug-likeness (QED) is 0.659. The van der Waals surface area contributed by atoms with Gasteiger partial charge in [-0.3, -0.25) is 14.3 Å². The first-order valence-electron chi connectivity index (χ1n) is 5.23. The van der Waals surface area contributed by atoms with Crippen LogP contribution in [0.25, 0.3) is 0 Å². The fourth-order valence-corrected chi connectivity index (χ4v) is 1.89. The number of nitrogens with zero attached hydrogens (tertiary/aromatic N) is 2. The summed E-state index contributed by atoms with van der Waals surface area (Å²) < 4.78 is 6.02. The van der Waals surface area contributed by atoms with E-state index in [0.717, 1.165) is 7.11 Å². The maximum Gasteiger partial charge on any atom is 0.323 e. The summed E-state index contributed by atoms with van der Waals surface area (Å²) in [5, 5.41) is 13.7. The number of rotatable bonds is 4. The molecule has 0 aliphatic heterocycles. The Morgan fingerprint density at radius 3 is 2.44 bits per heavy atom. The lowest BCUT2D eigenvalue weighted by molar-refractivity contribution is -0.165. The molecule has 0 saturated carbocycles. The first kappa shape index (κ1) is 14.5. The van der Waals surface area contributed by atoms with Crippen LogP contribution >= 0.6 is 11.6 Å². The number of esters is 1. The topological polar surface area (TPSA) is 81.4 Å². The van der Waals surface area contributed by atoms with Gasteiger partial charge in [0.1, 0.15) is 0 Å². The van der Waals surface area contributed by atoms with E-state index >= 15 is 0 Å². The number of aliphatic carboxylic acids is 1. The molecule has 0 radical (unpaired) electrons. The minimum atomic E-state index is -1.68. The smallest absolute Gasteiger partial charge is 0.323 e. The molecule has 0 saturated heterocycles. The average molecular weight is 275 g/mol. The Bertz CT molecular complexity index is 497. The molecule has 1 heterocycles. The van der Waals surface area contributed by atoms with E-state index in [2.05, 4.69) is 9.84 Å². The van der Waals surface area contributed by atoms with E-state index in [0.29, 0.717) is 16.4 Å². The van der Waals surface area contributed by atoms with E-state index < -0.39 is 17.4 Å². The van der Waals surface area contributed by atoms with Gasteiger partial charge in [0.2, 0.25) is 0 Å². The highest BCUT2D eigenvalue weighted by Gasteiger charge is 2.44. The highest BCUT2D eigenvalue weighted by Crippen LogP contribution is 2.29. The van der Waals surface area contributed by atoms with Crippen LogP contribution in [0.3, 0.4) is 0 Å². The number of carbonyl (C=O) groups is 2. The molecule has 0 aliphatic carbocycles. The molecule has 0 spiro atoms. The summed E-state index contributed by atoms with van der Waals surface area (Å²) in [6.07, 6.45) is -0.0782. The summed E-state index contributed by atoms with van der Waals surface area (Å²) in [5.41, 5.74) is -0.602. The molecule has 1 aromatic rings. The van der Waals surface area contributed by atoms with Gasteiger partial charge in [0.15, 0.2) is 5.41 Å². The minimum absolute atomic E-state index is 0.0782. The van der Waals surface area contributed by atoms with Gasteiger partial charge in [-0.25, -0.2) is 0 Å². The highest BCUT2D eigenvalue weighted by molar-refractivity contribution is 6.31. The van der Waals surface area contributed by atoms with Crippen molar-refractivity contribution in [2.45, 2.75) is 20.3 Å². The Balaban J connectivity index is 3.20. The molecule has 0 aliphatic rings. The zero-order valence-electron chi connectivity index (χ0n) is 10.7. The molecule has 0 fully saturated rings. The number of halogens is 1. The predicted octanol–water partition coefficient (Wildman–Crippen LogP) is 1.19. The van der Waals surface area contributed by atoms with Crippen LogP contribution in [-0.2, 0) is 27.8 Å². The van der Waals surface area contributed by atoms with Crippen LogP contribution in [-0.4, -0.2) is 33.9 Å². The SMILES string of the molecule is COC(=O)C(C)(Cc1c(Cl)c(C)nn1C)C(=O)O. The van der Waals surface area contributed by atoms with Crippen molar-refractivity contribution in [2.24, 2.45) is 12.5 Å². The molecule has 1 rings (SSSR count). The largest absolute Gasteiger partial charge is 0.480 e. The number of carbonyl (C=O) groups excluding carboxylic acids is 1. The summed E-state index contributed by atoms with van der Waals surface area (Å²) in [6, 6.07) is 0. The van der Waals surface area contributed by atoms with Crippen molar-refractivity contribution in [3.05, 3.63) is 16.4 Å². The first-order chi connectivity index (χ1) is 8.24. The number of hydrogen-bond donors (Lipinski definition) is 1. The number of aryl methyl sites for hydroxylation is 2. The van der Waals surface area contributed by atoms with Gasteiger partial charge in [0, 0.05) is 13.5 Å². The summed E-state index contributed by atoms with van der Waals surface area (Å²) in [5.74, 6) is -2.07. The molecule has 0 aromatic carbocycles. The summed E-state index contributed by atoms with van der Waals surface area (Å²) in [6.45, 7) is 3.02. The van der Waals surface area contributed by atoms with Crippen LogP contribution in [0.1, 0.15) is 18.3 Å². The average Bonchev–Trinajstić information content (AvgIpc) is 2.54. The van der Waals surface area contributed by atoms with Crippen LogP contribution in [0.4, 0.5) is 0 Å². The Labute approximate surface area is 109 Å². The van der Waals surface area contributed by atoms with Gasteiger partial charge in [-0.15, -0.1) is 0 Å². The van der Waals surface area contributed by atoms with Crippen molar-refractivity contribution < 1.29 is 19.4 Å². The van der Waals surface area contributed by atoms with E-state index in [9.17, 15) is 14.7 Å². The molecular weight excluding hydrogens is 260 g/mol. The predicted molar refractivity (Wildman–Crippen MR) is 64.4 cm³/mol. The first-order valence-corrected chi connectivity index (χ1v) is 5.61. The van der Waals surface area contributed by atoms with E-state index in [1.807, 2.05) is 0 Å². The van der Waals surface area contributed by atoms with Crippen molar-refractivity contribution in [3.8, 4) is 0 Å². The van der Waals surface area contributed by atoms with E-state index in [1.54, 1.807) is 14.0 Å².